The fourth-order valence-electron chi connectivity index (χ4n) is 5.95. The molecule has 0 heterocycles. The molecule has 4 aromatic carbocycles. The third-order valence-corrected chi connectivity index (χ3v) is 7.60. The largest absolute Gasteiger partial charge is 0.0836 e. The van der Waals surface area contributed by atoms with Crippen LogP contribution in [0.1, 0.15) is 29.5 Å². The predicted octanol–water partition coefficient (Wildman–Crippen LogP) is 9.08. The quantitative estimate of drug-likeness (QED) is 0.276. The second kappa shape index (κ2) is 7.85. The van der Waals surface area contributed by atoms with E-state index in [9.17, 15) is 0 Å². The number of benzene rings is 4. The van der Waals surface area contributed by atoms with Crippen molar-refractivity contribution in [1.82, 2.24) is 0 Å². The fourth-order valence-corrected chi connectivity index (χ4v) is 5.95. The summed E-state index contributed by atoms with van der Waals surface area (Å²) in [5.41, 5.74) is 9.57. The van der Waals surface area contributed by atoms with Crippen LogP contribution in [0.25, 0.3) is 44.3 Å². The van der Waals surface area contributed by atoms with E-state index in [2.05, 4.69) is 115 Å². The van der Waals surface area contributed by atoms with Crippen molar-refractivity contribution in [2.45, 2.75) is 19.3 Å². The van der Waals surface area contributed by atoms with E-state index in [-0.39, 0.29) is 0 Å². The topological polar surface area (TPSA) is 0 Å². The molecule has 1 atom stereocenters. The average Bonchev–Trinajstić information content (AvgIpc) is 2.91. The van der Waals surface area contributed by atoms with Crippen LogP contribution in [0.4, 0.5) is 0 Å². The van der Waals surface area contributed by atoms with E-state index in [0.29, 0.717) is 5.92 Å². The minimum Gasteiger partial charge on any atom is -0.0836 e. The maximum absolute atomic E-state index is 2.43. The Labute approximate surface area is 200 Å². The molecule has 4 aromatic rings. The molecule has 7 rings (SSSR count). The van der Waals surface area contributed by atoms with Crippen molar-refractivity contribution in [1.29, 1.82) is 0 Å². The molecule has 0 saturated heterocycles. The molecular formula is C34H26. The van der Waals surface area contributed by atoms with Crippen molar-refractivity contribution in [2.24, 2.45) is 5.92 Å². The highest BCUT2D eigenvalue weighted by Crippen LogP contribution is 2.44. The number of fused-ring (bicyclic) bond motifs is 4. The first-order chi connectivity index (χ1) is 16.9. The van der Waals surface area contributed by atoms with Crippen LogP contribution < -0.4 is 0 Å². The molecule has 0 saturated carbocycles. The Balaban J connectivity index is 1.54. The Morgan fingerprint density at radius 3 is 2.21 bits per heavy atom. The van der Waals surface area contributed by atoms with Gasteiger partial charge in [0, 0.05) is 5.92 Å². The molecule has 162 valence electrons. The van der Waals surface area contributed by atoms with Crippen LogP contribution in [0.15, 0.2) is 115 Å². The van der Waals surface area contributed by atoms with Gasteiger partial charge in [0.15, 0.2) is 0 Å². The van der Waals surface area contributed by atoms with Crippen LogP contribution in [-0.4, -0.2) is 0 Å². The zero-order chi connectivity index (χ0) is 22.5. The summed E-state index contributed by atoms with van der Waals surface area (Å²) < 4.78 is 0. The fraction of sp³-hybridized carbons (Fsp3) is 0.118. The van der Waals surface area contributed by atoms with Crippen LogP contribution in [0.5, 0.6) is 0 Å². The van der Waals surface area contributed by atoms with Crippen molar-refractivity contribution in [3.63, 3.8) is 0 Å². The number of hydrogen-bond acceptors (Lipinski definition) is 0. The summed E-state index contributed by atoms with van der Waals surface area (Å²) in [5.74, 6) is 0.509. The number of rotatable bonds is 2. The van der Waals surface area contributed by atoms with E-state index in [4.69, 9.17) is 0 Å². The van der Waals surface area contributed by atoms with E-state index in [0.717, 1.165) is 19.3 Å². The standard InChI is InChI=1S/C34H26/c1-3-11-25-21-27(19-17-23(25)9-1)33-29-13-5-7-15-31(29)34(32-16-8-6-14-30(32)33)28-20-18-24-10-2-4-12-26(24)22-28/h1-3,5-8,10-11,13-23H,4,9,12H2. The maximum atomic E-state index is 2.43. The molecule has 0 aliphatic heterocycles. The molecule has 3 aliphatic rings. The second-order valence-corrected chi connectivity index (χ2v) is 9.59. The Morgan fingerprint density at radius 1 is 0.706 bits per heavy atom. The summed E-state index contributed by atoms with van der Waals surface area (Å²) in [6, 6.07) is 25.0. The van der Waals surface area contributed by atoms with Crippen molar-refractivity contribution >= 4 is 33.2 Å². The van der Waals surface area contributed by atoms with Gasteiger partial charge in [-0.05, 0) is 79.8 Å². The lowest BCUT2D eigenvalue weighted by Crippen LogP contribution is -2.05. The zero-order valence-electron chi connectivity index (χ0n) is 19.2. The van der Waals surface area contributed by atoms with E-state index >= 15 is 0 Å². The molecule has 3 aliphatic carbocycles. The third-order valence-electron chi connectivity index (χ3n) is 7.60. The lowest BCUT2D eigenvalue weighted by Gasteiger charge is -2.23. The number of hydrogen-bond donors (Lipinski definition) is 0. The van der Waals surface area contributed by atoms with Crippen molar-refractivity contribution in [2.75, 3.05) is 0 Å². The van der Waals surface area contributed by atoms with Crippen LogP contribution in [0, 0.1) is 5.92 Å². The highest BCUT2D eigenvalue weighted by atomic mass is 14.2. The summed E-state index contributed by atoms with van der Waals surface area (Å²) in [5, 5.41) is 5.32. The minimum atomic E-state index is 0.509. The Hall–Kier alpha value is -3.90. The Morgan fingerprint density at radius 2 is 1.44 bits per heavy atom. The van der Waals surface area contributed by atoms with Gasteiger partial charge in [-0.1, -0.05) is 115 Å². The molecule has 1 unspecified atom stereocenters. The van der Waals surface area contributed by atoms with Gasteiger partial charge in [-0.25, -0.2) is 0 Å². The average molecular weight is 435 g/mol. The summed E-state index contributed by atoms with van der Waals surface area (Å²) in [6.45, 7) is 0. The van der Waals surface area contributed by atoms with Crippen LogP contribution >= 0.6 is 0 Å². The third kappa shape index (κ3) is 3.06. The summed E-state index contributed by atoms with van der Waals surface area (Å²) >= 11 is 0. The molecular weight excluding hydrogens is 408 g/mol. The van der Waals surface area contributed by atoms with Gasteiger partial charge in [0.25, 0.3) is 0 Å². The molecule has 0 nitrogen and oxygen atoms in total. The molecule has 34 heavy (non-hydrogen) atoms. The van der Waals surface area contributed by atoms with Gasteiger partial charge in [-0.3, -0.25) is 0 Å². The molecule has 0 bridgehead atoms. The molecule has 0 radical (unpaired) electrons. The zero-order valence-corrected chi connectivity index (χ0v) is 19.2. The summed E-state index contributed by atoms with van der Waals surface area (Å²) in [6.07, 6.45) is 21.8. The number of aryl methyl sites for hydroxylation is 1. The lowest BCUT2D eigenvalue weighted by molar-refractivity contribution is 0.781. The van der Waals surface area contributed by atoms with E-state index < -0.39 is 0 Å². The van der Waals surface area contributed by atoms with Crippen molar-refractivity contribution in [3.8, 4) is 11.1 Å². The monoisotopic (exact) mass is 434 g/mol. The molecule has 0 spiro atoms. The number of allylic oxidation sites excluding steroid dienone is 9. The molecule has 0 amide bonds. The Kier molecular flexibility index (Phi) is 4.52. The lowest BCUT2D eigenvalue weighted by atomic mass is 9.80. The minimum absolute atomic E-state index is 0.509. The first kappa shape index (κ1) is 19.6. The van der Waals surface area contributed by atoms with E-state index in [1.54, 1.807) is 0 Å². The van der Waals surface area contributed by atoms with E-state index in [1.165, 1.54) is 60.5 Å². The molecule has 0 N–H and O–H groups in total. The van der Waals surface area contributed by atoms with Crippen LogP contribution in [0.3, 0.4) is 0 Å². The van der Waals surface area contributed by atoms with Crippen molar-refractivity contribution in [3.05, 3.63) is 132 Å². The highest BCUT2D eigenvalue weighted by Gasteiger charge is 2.21. The van der Waals surface area contributed by atoms with Crippen molar-refractivity contribution < 1.29 is 0 Å². The second-order valence-electron chi connectivity index (χ2n) is 9.59. The van der Waals surface area contributed by atoms with Gasteiger partial charge in [-0.15, -0.1) is 0 Å². The smallest absolute Gasteiger partial charge is 0.00561 e. The summed E-state index contributed by atoms with van der Waals surface area (Å²) in [4.78, 5) is 0. The van der Waals surface area contributed by atoms with Gasteiger partial charge < -0.3 is 0 Å². The van der Waals surface area contributed by atoms with Gasteiger partial charge in [0.05, 0.1) is 0 Å². The molecule has 0 heteroatoms. The highest BCUT2D eigenvalue weighted by molar-refractivity contribution is 6.19. The van der Waals surface area contributed by atoms with Gasteiger partial charge >= 0.3 is 0 Å². The summed E-state index contributed by atoms with van der Waals surface area (Å²) in [7, 11) is 0. The first-order valence-corrected chi connectivity index (χ1v) is 12.4. The van der Waals surface area contributed by atoms with Gasteiger partial charge in [0.1, 0.15) is 0 Å². The SMILES string of the molecule is C1=CCC2C=CC(c3c4ccccc4c(-c4ccc5c(c4)CCC=C5)c4ccccc34)=CC2=C1. The maximum Gasteiger partial charge on any atom is 0.00561 e. The predicted molar refractivity (Wildman–Crippen MR) is 147 cm³/mol. The first-order valence-electron chi connectivity index (χ1n) is 12.4. The van der Waals surface area contributed by atoms with Crippen LogP contribution in [-0.2, 0) is 6.42 Å². The van der Waals surface area contributed by atoms with Gasteiger partial charge in [0.2, 0.25) is 0 Å². The normalized spacial score (nSPS) is 18.5. The van der Waals surface area contributed by atoms with Crippen LogP contribution in [0.2, 0.25) is 0 Å². The Bertz CT molecular complexity index is 1560. The van der Waals surface area contributed by atoms with Gasteiger partial charge in [-0.2, -0.15) is 0 Å². The molecule has 0 fully saturated rings. The molecule has 0 aromatic heterocycles. The van der Waals surface area contributed by atoms with E-state index in [1.807, 2.05) is 0 Å².